The molecule has 0 saturated heterocycles. The standard InChI is InChI=1S/C10H11BrN2OS/c1-2-8(6-12)15(14)10-4-3-7(13)5-9(10)11/h3-5,8H,2,13H2,1H3. The topological polar surface area (TPSA) is 66.9 Å². The monoisotopic (exact) mass is 286 g/mol. The number of rotatable bonds is 3. The van der Waals surface area contributed by atoms with Crippen molar-refractivity contribution in [3.63, 3.8) is 0 Å². The molecule has 0 aliphatic heterocycles. The Morgan fingerprint density at radius 3 is 2.80 bits per heavy atom. The highest BCUT2D eigenvalue weighted by Gasteiger charge is 2.18. The molecular formula is C10H11BrN2OS. The first-order valence-corrected chi connectivity index (χ1v) is 6.46. The third-order valence-electron chi connectivity index (χ3n) is 1.95. The maximum Gasteiger partial charge on any atom is 0.126 e. The predicted molar refractivity (Wildman–Crippen MR) is 64.7 cm³/mol. The molecule has 5 heteroatoms. The van der Waals surface area contributed by atoms with Gasteiger partial charge in [-0.2, -0.15) is 5.26 Å². The average Bonchev–Trinajstić information content (AvgIpc) is 2.19. The molecular weight excluding hydrogens is 276 g/mol. The zero-order valence-corrected chi connectivity index (χ0v) is 10.6. The molecule has 0 bridgehead atoms. The van der Waals surface area contributed by atoms with E-state index in [-0.39, 0.29) is 0 Å². The summed E-state index contributed by atoms with van der Waals surface area (Å²) in [4.78, 5) is 0.623. The van der Waals surface area contributed by atoms with Crippen LogP contribution in [-0.4, -0.2) is 9.46 Å². The van der Waals surface area contributed by atoms with E-state index >= 15 is 0 Å². The lowest BCUT2D eigenvalue weighted by molar-refractivity contribution is 0.676. The molecule has 2 atom stereocenters. The second-order valence-electron chi connectivity index (χ2n) is 3.01. The van der Waals surface area contributed by atoms with E-state index in [9.17, 15) is 4.21 Å². The number of nitriles is 1. The van der Waals surface area contributed by atoms with Crippen LogP contribution in [0.2, 0.25) is 0 Å². The summed E-state index contributed by atoms with van der Waals surface area (Å²) < 4.78 is 12.6. The van der Waals surface area contributed by atoms with Gasteiger partial charge in [-0.1, -0.05) is 6.92 Å². The summed E-state index contributed by atoms with van der Waals surface area (Å²) in [7, 11) is -1.30. The van der Waals surface area contributed by atoms with Crippen molar-refractivity contribution < 1.29 is 4.21 Å². The molecule has 1 aromatic rings. The minimum Gasteiger partial charge on any atom is -0.399 e. The lowest BCUT2D eigenvalue weighted by Gasteiger charge is -2.08. The smallest absolute Gasteiger partial charge is 0.126 e. The highest BCUT2D eigenvalue weighted by molar-refractivity contribution is 9.10. The molecule has 0 amide bonds. The van der Waals surface area contributed by atoms with Crippen molar-refractivity contribution in [3.05, 3.63) is 22.7 Å². The van der Waals surface area contributed by atoms with Crippen LogP contribution in [0.4, 0.5) is 5.69 Å². The van der Waals surface area contributed by atoms with Crippen LogP contribution < -0.4 is 5.73 Å². The van der Waals surface area contributed by atoms with Crippen molar-refractivity contribution in [2.24, 2.45) is 0 Å². The van der Waals surface area contributed by atoms with Crippen LogP contribution in [0.25, 0.3) is 0 Å². The Labute approximate surface area is 99.9 Å². The van der Waals surface area contributed by atoms with Gasteiger partial charge in [0.25, 0.3) is 0 Å². The lowest BCUT2D eigenvalue weighted by Crippen LogP contribution is -2.12. The molecule has 0 aromatic heterocycles. The third-order valence-corrected chi connectivity index (χ3v) is 4.61. The van der Waals surface area contributed by atoms with Crippen molar-refractivity contribution in [2.75, 3.05) is 5.73 Å². The number of nitrogens with two attached hydrogens (primary N) is 1. The number of hydrogen-bond acceptors (Lipinski definition) is 3. The van der Waals surface area contributed by atoms with E-state index < -0.39 is 16.0 Å². The molecule has 0 heterocycles. The molecule has 0 saturated carbocycles. The fourth-order valence-corrected chi connectivity index (χ4v) is 3.16. The lowest BCUT2D eigenvalue weighted by atomic mass is 10.3. The maximum absolute atomic E-state index is 12.0. The van der Waals surface area contributed by atoms with Crippen molar-refractivity contribution in [3.8, 4) is 6.07 Å². The largest absolute Gasteiger partial charge is 0.399 e. The van der Waals surface area contributed by atoms with Crippen molar-refractivity contribution in [1.29, 1.82) is 5.26 Å². The number of nitrogen functional groups attached to an aromatic ring is 1. The van der Waals surface area contributed by atoms with Crippen LogP contribution in [0.1, 0.15) is 13.3 Å². The van der Waals surface area contributed by atoms with Gasteiger partial charge < -0.3 is 5.73 Å². The van der Waals surface area contributed by atoms with Crippen LogP contribution in [0, 0.1) is 11.3 Å². The van der Waals surface area contributed by atoms with Crippen molar-refractivity contribution in [2.45, 2.75) is 23.5 Å². The Morgan fingerprint density at radius 1 is 1.67 bits per heavy atom. The normalized spacial score (nSPS) is 14.2. The zero-order chi connectivity index (χ0) is 11.4. The van der Waals surface area contributed by atoms with Crippen LogP contribution in [0.3, 0.4) is 0 Å². The van der Waals surface area contributed by atoms with E-state index in [0.29, 0.717) is 21.5 Å². The molecule has 1 aromatic carbocycles. The summed E-state index contributed by atoms with van der Waals surface area (Å²) in [6.45, 7) is 1.84. The highest BCUT2D eigenvalue weighted by Crippen LogP contribution is 2.25. The minimum atomic E-state index is -1.30. The average molecular weight is 287 g/mol. The van der Waals surface area contributed by atoms with E-state index in [0.717, 1.165) is 0 Å². The van der Waals surface area contributed by atoms with Gasteiger partial charge in [0.1, 0.15) is 5.25 Å². The first-order valence-electron chi connectivity index (χ1n) is 4.45. The van der Waals surface area contributed by atoms with Gasteiger partial charge in [-0.25, -0.2) is 0 Å². The summed E-state index contributed by atoms with van der Waals surface area (Å²) in [5.41, 5.74) is 6.18. The molecule has 0 aliphatic rings. The second kappa shape index (κ2) is 5.29. The van der Waals surface area contributed by atoms with E-state index in [1.165, 1.54) is 0 Å². The van der Waals surface area contributed by atoms with Gasteiger partial charge in [-0.05, 0) is 40.5 Å². The molecule has 0 radical (unpaired) electrons. The Kier molecular flexibility index (Phi) is 4.30. The molecule has 80 valence electrons. The molecule has 0 aliphatic carbocycles. The second-order valence-corrected chi connectivity index (χ2v) is 5.47. The van der Waals surface area contributed by atoms with Gasteiger partial charge in [0.15, 0.2) is 0 Å². The fourth-order valence-electron chi connectivity index (χ4n) is 1.12. The van der Waals surface area contributed by atoms with Gasteiger partial charge in [0.2, 0.25) is 0 Å². The SMILES string of the molecule is CCC(C#N)S(=O)c1ccc(N)cc1Br. The van der Waals surface area contributed by atoms with Gasteiger partial charge >= 0.3 is 0 Å². The predicted octanol–water partition coefficient (Wildman–Crippen LogP) is 2.44. The van der Waals surface area contributed by atoms with E-state index in [4.69, 9.17) is 11.0 Å². The Bertz CT molecular complexity index is 428. The number of halogens is 1. The van der Waals surface area contributed by atoms with Gasteiger partial charge in [-0.15, -0.1) is 0 Å². The van der Waals surface area contributed by atoms with Crippen LogP contribution in [-0.2, 0) is 10.8 Å². The summed E-state index contributed by atoms with van der Waals surface area (Å²) in [6.07, 6.45) is 0.569. The summed E-state index contributed by atoms with van der Waals surface area (Å²) >= 11 is 3.29. The van der Waals surface area contributed by atoms with Crippen LogP contribution in [0.5, 0.6) is 0 Å². The summed E-state index contributed by atoms with van der Waals surface area (Å²) in [5, 5.41) is 8.35. The van der Waals surface area contributed by atoms with Gasteiger partial charge in [0.05, 0.1) is 21.8 Å². The van der Waals surface area contributed by atoms with E-state index in [2.05, 4.69) is 15.9 Å². The van der Waals surface area contributed by atoms with Crippen molar-refractivity contribution >= 4 is 32.4 Å². The first kappa shape index (κ1) is 12.2. The first-order chi connectivity index (χ1) is 7.10. The number of hydrogen-bond donors (Lipinski definition) is 1. The number of benzene rings is 1. The maximum atomic E-state index is 12.0. The number of anilines is 1. The Balaban J connectivity index is 3.07. The van der Waals surface area contributed by atoms with E-state index in [1.54, 1.807) is 18.2 Å². The number of nitrogens with zero attached hydrogens (tertiary/aromatic N) is 1. The molecule has 2 unspecified atom stereocenters. The highest BCUT2D eigenvalue weighted by atomic mass is 79.9. The Hall–Kier alpha value is -0.860. The summed E-state index contributed by atoms with van der Waals surface area (Å²) in [6, 6.07) is 7.10. The molecule has 3 nitrogen and oxygen atoms in total. The minimum absolute atomic E-state index is 0.468. The fraction of sp³-hybridized carbons (Fsp3) is 0.300. The quantitative estimate of drug-likeness (QED) is 0.868. The Morgan fingerprint density at radius 2 is 2.33 bits per heavy atom. The summed E-state index contributed by atoms with van der Waals surface area (Å²) in [5.74, 6) is 0. The zero-order valence-electron chi connectivity index (χ0n) is 8.24. The molecule has 15 heavy (non-hydrogen) atoms. The third kappa shape index (κ3) is 2.80. The molecule has 2 N–H and O–H groups in total. The van der Waals surface area contributed by atoms with E-state index in [1.807, 2.05) is 13.0 Å². The van der Waals surface area contributed by atoms with Crippen LogP contribution in [0.15, 0.2) is 27.6 Å². The molecule has 0 spiro atoms. The molecule has 1 rings (SSSR count). The molecule has 0 fully saturated rings. The van der Waals surface area contributed by atoms with Crippen LogP contribution >= 0.6 is 15.9 Å². The van der Waals surface area contributed by atoms with Gasteiger partial charge in [-0.3, -0.25) is 4.21 Å². The van der Waals surface area contributed by atoms with Crippen molar-refractivity contribution in [1.82, 2.24) is 0 Å². The van der Waals surface area contributed by atoms with Gasteiger partial charge in [0, 0.05) is 10.2 Å².